The summed E-state index contributed by atoms with van der Waals surface area (Å²) in [5.41, 5.74) is 1.63. The lowest BCUT2D eigenvalue weighted by Crippen LogP contribution is -2.42. The van der Waals surface area contributed by atoms with Crippen molar-refractivity contribution in [3.8, 4) is 0 Å². The van der Waals surface area contributed by atoms with Crippen LogP contribution >= 0.6 is 11.3 Å². The van der Waals surface area contributed by atoms with Crippen LogP contribution in [0.25, 0.3) is 0 Å². The number of hydrogen-bond acceptors (Lipinski definition) is 2. The third kappa shape index (κ3) is 1.32. The van der Waals surface area contributed by atoms with E-state index in [1.54, 1.807) is 10.4 Å². The highest BCUT2D eigenvalue weighted by Gasteiger charge is 2.28. The normalized spacial score (nSPS) is 28.2. The van der Waals surface area contributed by atoms with Crippen LogP contribution in [-0.4, -0.2) is 17.5 Å². The first-order valence-electron chi connectivity index (χ1n) is 5.23. The smallest absolute Gasteiger partial charge is 0.0333 e. The van der Waals surface area contributed by atoms with E-state index in [2.05, 4.69) is 16.3 Å². The van der Waals surface area contributed by atoms with Crippen molar-refractivity contribution in [2.24, 2.45) is 0 Å². The standard InChI is InChI=1S/C11H15NS/c1-2-5-12-8-11-9(4-6-13-11)7-10(12)3-1/h4,6,10H,1-3,5,7-8H2/t10-/m0/s1. The summed E-state index contributed by atoms with van der Waals surface area (Å²) >= 11 is 1.94. The van der Waals surface area contributed by atoms with Crippen molar-refractivity contribution in [1.82, 2.24) is 4.90 Å². The SMILES string of the molecule is c1cc2c(s1)CN1CCCC[C@H]1C2. The van der Waals surface area contributed by atoms with Gasteiger partial charge in [0.2, 0.25) is 0 Å². The Morgan fingerprint density at radius 3 is 3.38 bits per heavy atom. The molecule has 0 saturated carbocycles. The maximum Gasteiger partial charge on any atom is 0.0333 e. The summed E-state index contributed by atoms with van der Waals surface area (Å²) < 4.78 is 0. The molecule has 0 radical (unpaired) electrons. The summed E-state index contributed by atoms with van der Waals surface area (Å²) in [6.07, 6.45) is 5.60. The van der Waals surface area contributed by atoms with Crippen LogP contribution in [0.5, 0.6) is 0 Å². The van der Waals surface area contributed by atoms with Crippen LogP contribution in [0.2, 0.25) is 0 Å². The molecular weight excluding hydrogens is 178 g/mol. The van der Waals surface area contributed by atoms with Gasteiger partial charge in [-0.15, -0.1) is 11.3 Å². The molecule has 0 aliphatic carbocycles. The summed E-state index contributed by atoms with van der Waals surface area (Å²) in [6.45, 7) is 2.57. The second kappa shape index (κ2) is 3.10. The van der Waals surface area contributed by atoms with E-state index in [0.717, 1.165) is 6.04 Å². The maximum atomic E-state index is 2.68. The molecule has 1 aromatic heterocycles. The lowest BCUT2D eigenvalue weighted by molar-refractivity contribution is 0.129. The summed E-state index contributed by atoms with van der Waals surface area (Å²) in [6, 6.07) is 3.20. The molecule has 1 fully saturated rings. The molecule has 0 aromatic carbocycles. The molecule has 3 heterocycles. The minimum atomic E-state index is 0.871. The number of thiophene rings is 1. The van der Waals surface area contributed by atoms with Crippen molar-refractivity contribution in [3.63, 3.8) is 0 Å². The van der Waals surface area contributed by atoms with E-state index in [9.17, 15) is 0 Å². The number of fused-ring (bicyclic) bond motifs is 2. The lowest BCUT2D eigenvalue weighted by atomic mass is 9.92. The van der Waals surface area contributed by atoms with Crippen LogP contribution < -0.4 is 0 Å². The fourth-order valence-corrected chi connectivity index (χ4v) is 3.56. The average molecular weight is 193 g/mol. The zero-order valence-electron chi connectivity index (χ0n) is 7.83. The van der Waals surface area contributed by atoms with Gasteiger partial charge in [-0.1, -0.05) is 6.42 Å². The number of piperidine rings is 1. The predicted octanol–water partition coefficient (Wildman–Crippen LogP) is 2.66. The Balaban J connectivity index is 1.89. The Morgan fingerprint density at radius 1 is 1.38 bits per heavy atom. The second-order valence-electron chi connectivity index (χ2n) is 4.19. The zero-order valence-corrected chi connectivity index (χ0v) is 8.65. The maximum absolute atomic E-state index is 2.68. The topological polar surface area (TPSA) is 3.24 Å². The molecule has 2 aliphatic heterocycles. The Hall–Kier alpha value is -0.340. The molecule has 70 valence electrons. The first-order valence-corrected chi connectivity index (χ1v) is 6.11. The van der Waals surface area contributed by atoms with Crippen molar-refractivity contribution < 1.29 is 0 Å². The molecular formula is C11H15NS. The van der Waals surface area contributed by atoms with Crippen molar-refractivity contribution in [3.05, 3.63) is 21.9 Å². The van der Waals surface area contributed by atoms with Crippen molar-refractivity contribution in [2.75, 3.05) is 6.54 Å². The average Bonchev–Trinajstić information content (AvgIpc) is 2.61. The molecule has 0 bridgehead atoms. The molecule has 13 heavy (non-hydrogen) atoms. The monoisotopic (exact) mass is 193 g/mol. The predicted molar refractivity (Wildman–Crippen MR) is 56.1 cm³/mol. The van der Waals surface area contributed by atoms with Gasteiger partial charge >= 0.3 is 0 Å². The molecule has 2 aliphatic rings. The second-order valence-corrected chi connectivity index (χ2v) is 5.19. The molecule has 0 spiro atoms. The van der Waals surface area contributed by atoms with Gasteiger partial charge in [0.25, 0.3) is 0 Å². The third-order valence-electron chi connectivity index (χ3n) is 3.39. The van der Waals surface area contributed by atoms with Crippen LogP contribution in [0.3, 0.4) is 0 Å². The molecule has 1 nitrogen and oxygen atoms in total. The first-order chi connectivity index (χ1) is 6.43. The number of nitrogens with zero attached hydrogens (tertiary/aromatic N) is 1. The van der Waals surface area contributed by atoms with Gasteiger partial charge < -0.3 is 0 Å². The molecule has 2 heteroatoms. The minimum absolute atomic E-state index is 0.871. The van der Waals surface area contributed by atoms with Gasteiger partial charge in [-0.2, -0.15) is 0 Å². The Kier molecular flexibility index (Phi) is 1.91. The molecule has 1 atom stereocenters. The van der Waals surface area contributed by atoms with E-state index in [4.69, 9.17) is 0 Å². The van der Waals surface area contributed by atoms with Crippen molar-refractivity contribution >= 4 is 11.3 Å². The molecule has 1 aromatic rings. The van der Waals surface area contributed by atoms with Gasteiger partial charge in [0.1, 0.15) is 0 Å². The van der Waals surface area contributed by atoms with E-state index in [1.165, 1.54) is 38.8 Å². The van der Waals surface area contributed by atoms with Gasteiger partial charge in [0.05, 0.1) is 0 Å². The van der Waals surface area contributed by atoms with E-state index in [0.29, 0.717) is 0 Å². The van der Waals surface area contributed by atoms with Crippen LogP contribution in [0.4, 0.5) is 0 Å². The highest BCUT2D eigenvalue weighted by molar-refractivity contribution is 7.10. The van der Waals surface area contributed by atoms with Gasteiger partial charge in [-0.25, -0.2) is 0 Å². The summed E-state index contributed by atoms with van der Waals surface area (Å²) in [4.78, 5) is 4.31. The third-order valence-corrected chi connectivity index (χ3v) is 4.34. The Labute approximate surface area is 83.4 Å². The van der Waals surface area contributed by atoms with E-state index < -0.39 is 0 Å². The fraction of sp³-hybridized carbons (Fsp3) is 0.636. The largest absolute Gasteiger partial charge is 0.295 e. The number of hydrogen-bond donors (Lipinski definition) is 0. The summed E-state index contributed by atoms with van der Waals surface area (Å²) in [7, 11) is 0. The van der Waals surface area contributed by atoms with Crippen LogP contribution in [0, 0.1) is 0 Å². The number of rotatable bonds is 0. The van der Waals surface area contributed by atoms with Gasteiger partial charge in [-0.3, -0.25) is 4.90 Å². The molecule has 3 rings (SSSR count). The molecule has 0 unspecified atom stereocenters. The Bertz CT molecular complexity index is 276. The minimum Gasteiger partial charge on any atom is -0.295 e. The first kappa shape index (κ1) is 8.01. The van der Waals surface area contributed by atoms with Gasteiger partial charge in [0.15, 0.2) is 0 Å². The highest BCUT2D eigenvalue weighted by Crippen LogP contribution is 2.31. The van der Waals surface area contributed by atoms with Crippen LogP contribution in [0.1, 0.15) is 29.7 Å². The Morgan fingerprint density at radius 2 is 2.38 bits per heavy atom. The fourth-order valence-electron chi connectivity index (χ4n) is 2.63. The van der Waals surface area contributed by atoms with E-state index >= 15 is 0 Å². The molecule has 0 N–H and O–H groups in total. The van der Waals surface area contributed by atoms with E-state index in [1.807, 2.05) is 11.3 Å². The van der Waals surface area contributed by atoms with E-state index in [-0.39, 0.29) is 0 Å². The van der Waals surface area contributed by atoms with Crippen LogP contribution in [0.15, 0.2) is 11.4 Å². The molecule has 1 saturated heterocycles. The van der Waals surface area contributed by atoms with Gasteiger partial charge in [0, 0.05) is 17.5 Å². The quantitative estimate of drug-likeness (QED) is 0.612. The van der Waals surface area contributed by atoms with Crippen molar-refractivity contribution in [1.29, 1.82) is 0 Å². The summed E-state index contributed by atoms with van der Waals surface area (Å²) in [5, 5.41) is 2.25. The zero-order chi connectivity index (χ0) is 8.67. The highest BCUT2D eigenvalue weighted by atomic mass is 32.1. The van der Waals surface area contributed by atoms with Gasteiger partial charge in [-0.05, 0) is 42.8 Å². The summed E-state index contributed by atoms with van der Waals surface area (Å²) in [5.74, 6) is 0. The molecule has 0 amide bonds. The van der Waals surface area contributed by atoms with Crippen molar-refractivity contribution in [2.45, 2.75) is 38.3 Å². The van der Waals surface area contributed by atoms with Crippen LogP contribution in [-0.2, 0) is 13.0 Å². The lowest BCUT2D eigenvalue weighted by Gasteiger charge is -2.39.